The maximum Gasteiger partial charge on any atom is 0.220 e. The van der Waals surface area contributed by atoms with Crippen molar-refractivity contribution >= 4 is 5.91 Å². The third kappa shape index (κ3) is 5.79. The lowest BCUT2D eigenvalue weighted by atomic mass is 9.67. The van der Waals surface area contributed by atoms with Gasteiger partial charge in [0.1, 0.15) is 5.75 Å². The number of phenols is 1. The van der Waals surface area contributed by atoms with Crippen molar-refractivity contribution in [3.05, 3.63) is 29.3 Å². The van der Waals surface area contributed by atoms with E-state index in [-0.39, 0.29) is 28.9 Å². The Morgan fingerprint density at radius 1 is 1.09 bits per heavy atom. The molecule has 1 amide bonds. The summed E-state index contributed by atoms with van der Waals surface area (Å²) in [5, 5.41) is 17.4. The summed E-state index contributed by atoms with van der Waals surface area (Å²) in [6.07, 6.45) is 14.8. The smallest absolute Gasteiger partial charge is 0.220 e. The summed E-state index contributed by atoms with van der Waals surface area (Å²) in [5.74, 6) is 0.595. The van der Waals surface area contributed by atoms with Gasteiger partial charge in [0.25, 0.3) is 0 Å². The zero-order valence-electron chi connectivity index (χ0n) is 21.6. The Morgan fingerprint density at radius 2 is 1.79 bits per heavy atom. The molecule has 2 atom stereocenters. The van der Waals surface area contributed by atoms with Crippen molar-refractivity contribution in [2.24, 2.45) is 5.41 Å². The van der Waals surface area contributed by atoms with Crippen molar-refractivity contribution < 1.29 is 14.6 Å². The lowest BCUT2D eigenvalue weighted by molar-refractivity contribution is -0.125. The van der Waals surface area contributed by atoms with Gasteiger partial charge in [-0.2, -0.15) is 0 Å². The highest BCUT2D eigenvalue weighted by Gasteiger charge is 2.43. The first-order valence-corrected chi connectivity index (χ1v) is 13.7. The molecule has 5 nitrogen and oxygen atoms in total. The molecule has 3 N–H and O–H groups in total. The second-order valence-electron chi connectivity index (χ2n) is 11.9. The van der Waals surface area contributed by atoms with Gasteiger partial charge in [-0.3, -0.25) is 4.79 Å². The minimum absolute atomic E-state index is 0.0870. The van der Waals surface area contributed by atoms with Crippen LogP contribution in [-0.4, -0.2) is 42.9 Å². The van der Waals surface area contributed by atoms with Crippen molar-refractivity contribution in [1.82, 2.24) is 10.6 Å². The molecule has 1 aromatic rings. The standard InChI is InChI=1S/C29H46N2O3/c1-28(2)24-19-23(32)13-12-21(24)18-25(34-3)27(28)30-17-16-29(14-8-5-9-15-29)20-26(33)31-22-10-6-4-7-11-22/h12-13,19,22,25,27,30,32H,4-11,14-18,20H2,1-3H3,(H,31,33)/t25-,27-/m1/s1. The molecule has 3 aliphatic carbocycles. The quantitative estimate of drug-likeness (QED) is 0.477. The van der Waals surface area contributed by atoms with Crippen LogP contribution in [0.1, 0.15) is 102 Å². The average molecular weight is 471 g/mol. The summed E-state index contributed by atoms with van der Waals surface area (Å²) in [5.41, 5.74) is 2.42. The molecule has 34 heavy (non-hydrogen) atoms. The monoisotopic (exact) mass is 470 g/mol. The molecule has 1 aromatic carbocycles. The number of phenolic OH excluding ortho intramolecular Hbond substituents is 1. The summed E-state index contributed by atoms with van der Waals surface area (Å²) in [4.78, 5) is 13.0. The normalized spacial score (nSPS) is 26.6. The van der Waals surface area contributed by atoms with Crippen LogP contribution in [0.2, 0.25) is 0 Å². The predicted molar refractivity (Wildman–Crippen MR) is 137 cm³/mol. The summed E-state index contributed by atoms with van der Waals surface area (Å²) in [6, 6.07) is 6.29. The van der Waals surface area contributed by atoms with E-state index < -0.39 is 0 Å². The van der Waals surface area contributed by atoms with Crippen LogP contribution in [-0.2, 0) is 21.4 Å². The fourth-order valence-electron chi connectivity index (χ4n) is 7.09. The van der Waals surface area contributed by atoms with Gasteiger partial charge in [-0.05, 0) is 67.3 Å². The highest BCUT2D eigenvalue weighted by Crippen LogP contribution is 2.43. The molecule has 0 aliphatic heterocycles. The summed E-state index contributed by atoms with van der Waals surface area (Å²) in [7, 11) is 1.80. The molecule has 0 spiro atoms. The van der Waals surface area contributed by atoms with Crippen LogP contribution in [0.5, 0.6) is 5.75 Å². The highest BCUT2D eigenvalue weighted by atomic mass is 16.5. The lowest BCUT2D eigenvalue weighted by Gasteiger charge is -2.46. The third-order valence-electron chi connectivity index (χ3n) is 9.10. The van der Waals surface area contributed by atoms with E-state index in [0.29, 0.717) is 18.2 Å². The third-order valence-corrected chi connectivity index (χ3v) is 9.10. The first-order chi connectivity index (χ1) is 16.3. The molecule has 0 bridgehead atoms. The molecule has 190 valence electrons. The minimum Gasteiger partial charge on any atom is -0.508 e. The van der Waals surface area contributed by atoms with Gasteiger partial charge in [0.05, 0.1) is 6.10 Å². The number of nitrogens with one attached hydrogen (secondary N) is 2. The van der Waals surface area contributed by atoms with Crippen LogP contribution in [0.25, 0.3) is 0 Å². The number of hydrogen-bond acceptors (Lipinski definition) is 4. The summed E-state index contributed by atoms with van der Waals surface area (Å²) in [6.45, 7) is 5.39. The van der Waals surface area contributed by atoms with Gasteiger partial charge < -0.3 is 20.5 Å². The first kappa shape index (κ1) is 25.5. The number of methoxy groups -OCH3 is 1. The number of benzene rings is 1. The second kappa shape index (κ2) is 11.0. The molecule has 0 radical (unpaired) electrons. The van der Waals surface area contributed by atoms with Crippen LogP contribution in [0.3, 0.4) is 0 Å². The summed E-state index contributed by atoms with van der Waals surface area (Å²) >= 11 is 0. The van der Waals surface area contributed by atoms with E-state index in [9.17, 15) is 9.90 Å². The predicted octanol–water partition coefficient (Wildman–Crippen LogP) is 5.38. The Bertz CT molecular complexity index is 825. The minimum atomic E-state index is -0.162. The van der Waals surface area contributed by atoms with Gasteiger partial charge in [0, 0.05) is 37.5 Å². The lowest BCUT2D eigenvalue weighted by Crippen LogP contribution is -2.57. The summed E-state index contributed by atoms with van der Waals surface area (Å²) < 4.78 is 5.95. The molecule has 0 saturated heterocycles. The second-order valence-corrected chi connectivity index (χ2v) is 11.9. The Kier molecular flexibility index (Phi) is 8.24. The Balaban J connectivity index is 1.40. The molecular weight excluding hydrogens is 424 g/mol. The molecule has 0 heterocycles. The number of rotatable bonds is 8. The largest absolute Gasteiger partial charge is 0.508 e. The molecule has 3 aliphatic rings. The molecule has 4 rings (SSSR count). The Hall–Kier alpha value is -1.59. The van der Waals surface area contributed by atoms with Crippen LogP contribution >= 0.6 is 0 Å². The fraction of sp³-hybridized carbons (Fsp3) is 0.759. The first-order valence-electron chi connectivity index (χ1n) is 13.7. The van der Waals surface area contributed by atoms with Gasteiger partial charge >= 0.3 is 0 Å². The number of carbonyl (C=O) groups is 1. The van der Waals surface area contributed by atoms with Crippen molar-refractivity contribution in [1.29, 1.82) is 0 Å². The van der Waals surface area contributed by atoms with Crippen molar-refractivity contribution in [2.45, 2.75) is 121 Å². The number of ether oxygens (including phenoxy) is 1. The molecule has 2 saturated carbocycles. The van der Waals surface area contributed by atoms with E-state index in [1.54, 1.807) is 13.2 Å². The zero-order chi connectivity index (χ0) is 24.2. The number of carbonyl (C=O) groups excluding carboxylic acids is 1. The SMILES string of the molecule is CO[C@@H]1Cc2ccc(O)cc2C(C)(C)[C@@H]1NCCC1(CC(=O)NC2CCCCC2)CCCCC1. The van der Waals surface area contributed by atoms with E-state index in [2.05, 4.69) is 24.5 Å². The Labute approximate surface area is 206 Å². The molecule has 2 fully saturated rings. The van der Waals surface area contributed by atoms with E-state index in [4.69, 9.17) is 4.74 Å². The van der Waals surface area contributed by atoms with Gasteiger partial charge in [-0.25, -0.2) is 0 Å². The fourth-order valence-corrected chi connectivity index (χ4v) is 7.09. The van der Waals surface area contributed by atoms with Gasteiger partial charge in [-0.15, -0.1) is 0 Å². The van der Waals surface area contributed by atoms with E-state index in [1.807, 2.05) is 12.1 Å². The highest BCUT2D eigenvalue weighted by molar-refractivity contribution is 5.77. The van der Waals surface area contributed by atoms with Crippen molar-refractivity contribution in [3.63, 3.8) is 0 Å². The van der Waals surface area contributed by atoms with Gasteiger partial charge in [0.2, 0.25) is 5.91 Å². The number of hydrogen-bond donors (Lipinski definition) is 3. The number of fused-ring (bicyclic) bond motifs is 1. The molecule has 5 heteroatoms. The average Bonchev–Trinajstić information content (AvgIpc) is 2.82. The molecule has 0 unspecified atom stereocenters. The maximum atomic E-state index is 13.0. The van der Waals surface area contributed by atoms with Crippen molar-refractivity contribution in [2.75, 3.05) is 13.7 Å². The Morgan fingerprint density at radius 3 is 2.50 bits per heavy atom. The molecular formula is C29H46N2O3. The number of amides is 1. The van der Waals surface area contributed by atoms with E-state index in [1.165, 1.54) is 49.7 Å². The molecule has 0 aromatic heterocycles. The number of aromatic hydroxyl groups is 1. The van der Waals surface area contributed by atoms with Gasteiger partial charge in [0.15, 0.2) is 0 Å². The van der Waals surface area contributed by atoms with Crippen LogP contribution in [0.4, 0.5) is 0 Å². The van der Waals surface area contributed by atoms with E-state index in [0.717, 1.165) is 45.1 Å². The topological polar surface area (TPSA) is 70.6 Å². The zero-order valence-corrected chi connectivity index (χ0v) is 21.6. The van der Waals surface area contributed by atoms with Crippen molar-refractivity contribution in [3.8, 4) is 5.75 Å². The van der Waals surface area contributed by atoms with E-state index >= 15 is 0 Å². The van der Waals surface area contributed by atoms with Crippen LogP contribution in [0.15, 0.2) is 18.2 Å². The maximum absolute atomic E-state index is 13.0. The van der Waals surface area contributed by atoms with Crippen LogP contribution < -0.4 is 10.6 Å². The van der Waals surface area contributed by atoms with Crippen LogP contribution in [0, 0.1) is 5.41 Å². The van der Waals surface area contributed by atoms with Gasteiger partial charge in [-0.1, -0.05) is 58.4 Å².